The quantitative estimate of drug-likeness (QED) is 0.470. The Morgan fingerprint density at radius 2 is 2.05 bits per heavy atom. The van der Waals surface area contributed by atoms with E-state index in [1.165, 1.54) is 12.1 Å². The molecule has 0 saturated heterocycles. The average Bonchev–Trinajstić information content (AvgIpc) is 2.41. The van der Waals surface area contributed by atoms with Crippen LogP contribution in [0.1, 0.15) is 11.1 Å². The standard InChI is InChI=1S/C14H12BrNO3/c1-10-7-11(9-15)5-6-14(10)19-13-4-2-3-12(8-13)16(17)18/h2-8H,9H2,1H3. The number of hydrogen-bond donors (Lipinski definition) is 0. The topological polar surface area (TPSA) is 52.4 Å². The molecule has 0 saturated carbocycles. The summed E-state index contributed by atoms with van der Waals surface area (Å²) in [6.45, 7) is 1.94. The van der Waals surface area contributed by atoms with Gasteiger partial charge in [0.15, 0.2) is 0 Å². The van der Waals surface area contributed by atoms with Crippen LogP contribution in [0.4, 0.5) is 5.69 Å². The van der Waals surface area contributed by atoms with Gasteiger partial charge >= 0.3 is 0 Å². The van der Waals surface area contributed by atoms with Gasteiger partial charge in [-0.05, 0) is 30.2 Å². The highest BCUT2D eigenvalue weighted by molar-refractivity contribution is 9.08. The fraction of sp³-hybridized carbons (Fsp3) is 0.143. The molecule has 5 heteroatoms. The molecule has 0 fully saturated rings. The molecule has 0 atom stereocenters. The van der Waals surface area contributed by atoms with E-state index in [0.29, 0.717) is 11.5 Å². The maximum absolute atomic E-state index is 10.7. The molecule has 0 spiro atoms. The maximum atomic E-state index is 10.7. The van der Waals surface area contributed by atoms with E-state index in [1.807, 2.05) is 25.1 Å². The molecule has 0 radical (unpaired) electrons. The van der Waals surface area contributed by atoms with Crippen LogP contribution in [0.15, 0.2) is 42.5 Å². The minimum absolute atomic E-state index is 0.0206. The summed E-state index contributed by atoms with van der Waals surface area (Å²) >= 11 is 3.39. The van der Waals surface area contributed by atoms with E-state index in [1.54, 1.807) is 12.1 Å². The highest BCUT2D eigenvalue weighted by Crippen LogP contribution is 2.28. The van der Waals surface area contributed by atoms with Crippen molar-refractivity contribution in [2.24, 2.45) is 0 Å². The summed E-state index contributed by atoms with van der Waals surface area (Å²) in [5.74, 6) is 1.16. The molecule has 0 bridgehead atoms. The number of halogens is 1. The summed E-state index contributed by atoms with van der Waals surface area (Å²) in [5, 5.41) is 11.5. The smallest absolute Gasteiger partial charge is 0.273 e. The summed E-state index contributed by atoms with van der Waals surface area (Å²) in [7, 11) is 0. The molecule has 2 aromatic rings. The van der Waals surface area contributed by atoms with Crippen LogP contribution in [-0.2, 0) is 5.33 Å². The summed E-state index contributed by atoms with van der Waals surface area (Å²) in [4.78, 5) is 10.3. The van der Waals surface area contributed by atoms with Crippen molar-refractivity contribution < 1.29 is 9.66 Å². The lowest BCUT2D eigenvalue weighted by molar-refractivity contribution is -0.384. The van der Waals surface area contributed by atoms with Crippen LogP contribution >= 0.6 is 15.9 Å². The third-order valence-electron chi connectivity index (χ3n) is 2.65. The first-order valence-electron chi connectivity index (χ1n) is 5.68. The molecule has 0 N–H and O–H groups in total. The Hall–Kier alpha value is -1.88. The summed E-state index contributed by atoms with van der Waals surface area (Å²) in [5.41, 5.74) is 2.17. The lowest BCUT2D eigenvalue weighted by Gasteiger charge is -2.09. The van der Waals surface area contributed by atoms with Crippen molar-refractivity contribution in [2.75, 3.05) is 0 Å². The number of nitro groups is 1. The summed E-state index contributed by atoms with van der Waals surface area (Å²) < 4.78 is 5.68. The lowest BCUT2D eigenvalue weighted by Crippen LogP contribution is -1.91. The van der Waals surface area contributed by atoms with E-state index < -0.39 is 4.92 Å². The first-order valence-corrected chi connectivity index (χ1v) is 6.80. The zero-order valence-electron chi connectivity index (χ0n) is 10.3. The Morgan fingerprint density at radius 3 is 2.68 bits per heavy atom. The first kappa shape index (κ1) is 13.5. The van der Waals surface area contributed by atoms with Crippen molar-refractivity contribution in [1.82, 2.24) is 0 Å². The van der Waals surface area contributed by atoms with Crippen LogP contribution in [0.25, 0.3) is 0 Å². The maximum Gasteiger partial charge on any atom is 0.273 e. The zero-order valence-corrected chi connectivity index (χ0v) is 11.9. The van der Waals surface area contributed by atoms with Crippen LogP contribution in [0.3, 0.4) is 0 Å². The Balaban J connectivity index is 2.26. The van der Waals surface area contributed by atoms with E-state index in [4.69, 9.17) is 4.74 Å². The largest absolute Gasteiger partial charge is 0.457 e. The van der Waals surface area contributed by atoms with Gasteiger partial charge in [0.05, 0.1) is 11.0 Å². The third-order valence-corrected chi connectivity index (χ3v) is 3.30. The molecule has 0 aliphatic rings. The van der Waals surface area contributed by atoms with Gasteiger partial charge in [-0.15, -0.1) is 0 Å². The van der Waals surface area contributed by atoms with Crippen molar-refractivity contribution in [3.8, 4) is 11.5 Å². The molecule has 0 aliphatic carbocycles. The van der Waals surface area contributed by atoms with Gasteiger partial charge in [0.2, 0.25) is 0 Å². The van der Waals surface area contributed by atoms with E-state index in [2.05, 4.69) is 15.9 Å². The number of aryl methyl sites for hydroxylation is 1. The van der Waals surface area contributed by atoms with Crippen molar-refractivity contribution in [1.29, 1.82) is 0 Å². The second-order valence-electron chi connectivity index (χ2n) is 4.09. The Bertz CT molecular complexity index is 613. The van der Waals surface area contributed by atoms with E-state index >= 15 is 0 Å². The summed E-state index contributed by atoms with van der Waals surface area (Å²) in [6, 6.07) is 12.0. The molecule has 19 heavy (non-hydrogen) atoms. The fourth-order valence-corrected chi connectivity index (χ4v) is 2.05. The number of nitrogens with zero attached hydrogens (tertiary/aromatic N) is 1. The highest BCUT2D eigenvalue weighted by Gasteiger charge is 2.08. The molecule has 0 heterocycles. The minimum Gasteiger partial charge on any atom is -0.457 e. The van der Waals surface area contributed by atoms with Crippen LogP contribution < -0.4 is 4.74 Å². The van der Waals surface area contributed by atoms with Crippen LogP contribution in [-0.4, -0.2) is 4.92 Å². The molecule has 4 nitrogen and oxygen atoms in total. The number of ether oxygens (including phenoxy) is 1. The van der Waals surface area contributed by atoms with Crippen molar-refractivity contribution in [2.45, 2.75) is 12.3 Å². The monoisotopic (exact) mass is 321 g/mol. The van der Waals surface area contributed by atoms with Crippen LogP contribution in [0.2, 0.25) is 0 Å². The van der Waals surface area contributed by atoms with Gasteiger partial charge in [-0.3, -0.25) is 10.1 Å². The molecule has 2 rings (SSSR count). The number of benzene rings is 2. The number of hydrogen-bond acceptors (Lipinski definition) is 3. The minimum atomic E-state index is -0.437. The zero-order chi connectivity index (χ0) is 13.8. The SMILES string of the molecule is Cc1cc(CBr)ccc1Oc1cccc([N+](=O)[O-])c1. The summed E-state index contributed by atoms with van der Waals surface area (Å²) in [6.07, 6.45) is 0. The first-order chi connectivity index (χ1) is 9.10. The Kier molecular flexibility index (Phi) is 4.16. The van der Waals surface area contributed by atoms with Gasteiger partial charge in [0, 0.05) is 11.4 Å². The van der Waals surface area contributed by atoms with E-state index in [-0.39, 0.29) is 5.69 Å². The number of nitro benzene ring substituents is 1. The van der Waals surface area contributed by atoms with E-state index in [0.717, 1.165) is 16.5 Å². The predicted molar refractivity (Wildman–Crippen MR) is 77.0 cm³/mol. The molecular formula is C14H12BrNO3. The second kappa shape index (κ2) is 5.84. The van der Waals surface area contributed by atoms with Crippen molar-refractivity contribution in [3.05, 3.63) is 63.7 Å². The van der Waals surface area contributed by atoms with E-state index in [9.17, 15) is 10.1 Å². The molecule has 98 valence electrons. The Morgan fingerprint density at radius 1 is 1.26 bits per heavy atom. The van der Waals surface area contributed by atoms with Gasteiger partial charge in [0.25, 0.3) is 5.69 Å². The van der Waals surface area contributed by atoms with Crippen molar-refractivity contribution >= 4 is 21.6 Å². The molecule has 0 aromatic heterocycles. The van der Waals surface area contributed by atoms with Gasteiger partial charge in [-0.1, -0.05) is 34.1 Å². The molecular weight excluding hydrogens is 310 g/mol. The molecule has 0 unspecified atom stereocenters. The van der Waals surface area contributed by atoms with Gasteiger partial charge in [-0.2, -0.15) is 0 Å². The molecule has 0 amide bonds. The number of rotatable bonds is 4. The van der Waals surface area contributed by atoms with Crippen LogP contribution in [0, 0.1) is 17.0 Å². The fourth-order valence-electron chi connectivity index (χ4n) is 1.70. The number of alkyl halides is 1. The van der Waals surface area contributed by atoms with Crippen molar-refractivity contribution in [3.63, 3.8) is 0 Å². The van der Waals surface area contributed by atoms with Gasteiger partial charge < -0.3 is 4.74 Å². The predicted octanol–water partition coefficient (Wildman–Crippen LogP) is 4.59. The van der Waals surface area contributed by atoms with Gasteiger partial charge in [-0.25, -0.2) is 0 Å². The lowest BCUT2D eigenvalue weighted by atomic mass is 10.1. The average molecular weight is 322 g/mol. The normalized spacial score (nSPS) is 10.2. The van der Waals surface area contributed by atoms with Gasteiger partial charge in [0.1, 0.15) is 11.5 Å². The van der Waals surface area contributed by atoms with Crippen LogP contribution in [0.5, 0.6) is 11.5 Å². The third kappa shape index (κ3) is 3.32. The Labute approximate surface area is 119 Å². The highest BCUT2D eigenvalue weighted by atomic mass is 79.9. The molecule has 2 aromatic carbocycles. The second-order valence-corrected chi connectivity index (χ2v) is 4.65. The molecule has 0 aliphatic heterocycles. The number of non-ortho nitro benzene ring substituents is 1.